The second-order valence-electron chi connectivity index (χ2n) is 11.8. The van der Waals surface area contributed by atoms with Gasteiger partial charge in [-0.05, 0) is 68.4 Å². The second-order valence-corrected chi connectivity index (χ2v) is 11.8. The van der Waals surface area contributed by atoms with E-state index < -0.39 is 24.3 Å². The van der Waals surface area contributed by atoms with E-state index in [2.05, 4.69) is 25.4 Å². The minimum absolute atomic E-state index is 0.129. The van der Waals surface area contributed by atoms with E-state index in [4.69, 9.17) is 9.47 Å². The number of benzene rings is 1. The van der Waals surface area contributed by atoms with E-state index in [0.29, 0.717) is 54.6 Å². The van der Waals surface area contributed by atoms with Crippen LogP contribution >= 0.6 is 0 Å². The number of nitrogens with one attached hydrogen (secondary N) is 1. The van der Waals surface area contributed by atoms with Crippen molar-refractivity contribution in [2.45, 2.75) is 51.4 Å². The largest absolute Gasteiger partial charge is 0.481 e. The summed E-state index contributed by atoms with van der Waals surface area (Å²) in [5.74, 6) is -0.00621. The lowest BCUT2D eigenvalue weighted by molar-refractivity contribution is -0.198. The van der Waals surface area contributed by atoms with Gasteiger partial charge in [0.05, 0.1) is 18.5 Å². The molecule has 2 aliphatic rings. The molecule has 0 radical (unpaired) electrons. The maximum atomic E-state index is 14.9. The summed E-state index contributed by atoms with van der Waals surface area (Å²) in [4.78, 5) is 26.4. The van der Waals surface area contributed by atoms with Crippen molar-refractivity contribution in [3.05, 3.63) is 71.9 Å². The zero-order valence-corrected chi connectivity index (χ0v) is 25.6. The maximum absolute atomic E-state index is 14.9. The number of piperidine rings is 1. The molecule has 242 valence electrons. The quantitative estimate of drug-likeness (QED) is 0.271. The number of aromatic nitrogens is 5. The molecule has 4 aromatic rings. The van der Waals surface area contributed by atoms with Gasteiger partial charge in [-0.25, -0.2) is 14.6 Å². The monoisotopic (exact) mass is 637 g/mol. The average Bonchev–Trinajstić information content (AvgIpc) is 3.66. The van der Waals surface area contributed by atoms with Gasteiger partial charge in [-0.3, -0.25) is 4.79 Å². The third kappa shape index (κ3) is 6.34. The summed E-state index contributed by atoms with van der Waals surface area (Å²) in [7, 11) is 1.48. The maximum Gasteiger partial charge on any atom is 0.429 e. The normalized spacial score (nSPS) is 18.5. The Morgan fingerprint density at radius 3 is 2.57 bits per heavy atom. The molecular weight excluding hydrogens is 603 g/mol. The van der Waals surface area contributed by atoms with Crippen molar-refractivity contribution in [2.75, 3.05) is 31.6 Å². The van der Waals surface area contributed by atoms with Gasteiger partial charge in [-0.15, -0.1) is 0 Å². The fourth-order valence-corrected chi connectivity index (χ4v) is 6.31. The van der Waals surface area contributed by atoms with Gasteiger partial charge in [0, 0.05) is 49.2 Å². The van der Waals surface area contributed by atoms with Crippen molar-refractivity contribution in [1.82, 2.24) is 30.0 Å². The highest BCUT2D eigenvalue weighted by Gasteiger charge is 2.46. The number of anilines is 1. The first-order valence-electron chi connectivity index (χ1n) is 14.9. The summed E-state index contributed by atoms with van der Waals surface area (Å²) < 4.78 is 57.1. The Morgan fingerprint density at radius 2 is 1.91 bits per heavy atom. The average molecular weight is 638 g/mol. The van der Waals surface area contributed by atoms with Crippen LogP contribution in [0.5, 0.6) is 11.8 Å². The number of rotatable bonds is 8. The van der Waals surface area contributed by atoms with Crippen molar-refractivity contribution in [3.8, 4) is 28.6 Å². The van der Waals surface area contributed by atoms with Gasteiger partial charge in [0.1, 0.15) is 17.7 Å². The van der Waals surface area contributed by atoms with Crippen LogP contribution in [-0.2, 0) is 4.79 Å². The number of nitrogens with zero attached hydrogens (tertiary/aromatic N) is 6. The van der Waals surface area contributed by atoms with E-state index >= 15 is 0 Å². The van der Waals surface area contributed by atoms with Gasteiger partial charge in [0.25, 0.3) is 0 Å². The Balaban J connectivity index is 1.32. The minimum Gasteiger partial charge on any atom is -0.481 e. The van der Waals surface area contributed by atoms with E-state index in [1.165, 1.54) is 23.9 Å². The number of carbonyl (C=O) groups is 1. The number of alkyl halides is 3. The SMILES string of the molecule is COc1ncccc1-c1ccc([C@@H](Oc2cc(N3CCC4(CC3)CNC(C(=O)O)C4)nc(C)n2)C(F)(F)F)c(-n2ccc(C)n2)c1. The molecule has 2 atom stereocenters. The van der Waals surface area contributed by atoms with Gasteiger partial charge < -0.3 is 24.8 Å². The zero-order valence-electron chi connectivity index (χ0n) is 25.6. The van der Waals surface area contributed by atoms with Crippen molar-refractivity contribution < 1.29 is 32.5 Å². The molecule has 6 rings (SSSR count). The highest BCUT2D eigenvalue weighted by molar-refractivity contribution is 5.74. The molecule has 46 heavy (non-hydrogen) atoms. The number of aryl methyl sites for hydroxylation is 2. The predicted molar refractivity (Wildman–Crippen MR) is 162 cm³/mol. The van der Waals surface area contributed by atoms with Gasteiger partial charge in [0.2, 0.25) is 17.9 Å². The van der Waals surface area contributed by atoms with Gasteiger partial charge in [0.15, 0.2) is 0 Å². The fourth-order valence-electron chi connectivity index (χ4n) is 6.31. The molecule has 2 aliphatic heterocycles. The lowest BCUT2D eigenvalue weighted by Crippen LogP contribution is -2.41. The molecule has 2 saturated heterocycles. The number of ether oxygens (including phenoxy) is 2. The molecule has 2 N–H and O–H groups in total. The van der Waals surface area contributed by atoms with Crippen molar-refractivity contribution in [3.63, 3.8) is 0 Å². The molecule has 0 amide bonds. The Kier molecular flexibility index (Phi) is 8.32. The van der Waals surface area contributed by atoms with Crippen LogP contribution in [0.25, 0.3) is 16.8 Å². The van der Waals surface area contributed by atoms with Crippen LogP contribution < -0.4 is 19.7 Å². The molecule has 3 aromatic heterocycles. The molecule has 11 nitrogen and oxygen atoms in total. The lowest BCUT2D eigenvalue weighted by atomic mass is 9.76. The van der Waals surface area contributed by atoms with Gasteiger partial charge >= 0.3 is 12.1 Å². The molecule has 5 heterocycles. The first kappa shape index (κ1) is 31.3. The Bertz CT molecular complexity index is 1740. The number of halogens is 3. The van der Waals surface area contributed by atoms with Crippen LogP contribution in [0.4, 0.5) is 19.0 Å². The summed E-state index contributed by atoms with van der Waals surface area (Å²) in [6.45, 7) is 5.13. The van der Waals surface area contributed by atoms with E-state index in [9.17, 15) is 23.1 Å². The molecular formula is C32H34F3N7O4. The number of methoxy groups -OCH3 is 1. The van der Waals surface area contributed by atoms with Crippen LogP contribution in [0.1, 0.15) is 42.4 Å². The lowest BCUT2D eigenvalue weighted by Gasteiger charge is -2.39. The van der Waals surface area contributed by atoms with Crippen LogP contribution in [0.3, 0.4) is 0 Å². The van der Waals surface area contributed by atoms with Crippen LogP contribution in [0.15, 0.2) is 54.9 Å². The van der Waals surface area contributed by atoms with Crippen molar-refractivity contribution in [2.24, 2.45) is 5.41 Å². The molecule has 1 aromatic carbocycles. The van der Waals surface area contributed by atoms with E-state index in [0.717, 1.165) is 12.8 Å². The number of aliphatic carboxylic acids is 1. The van der Waals surface area contributed by atoms with E-state index in [-0.39, 0.29) is 28.4 Å². The topological polar surface area (TPSA) is 128 Å². The third-order valence-corrected chi connectivity index (χ3v) is 8.70. The van der Waals surface area contributed by atoms with E-state index in [1.807, 2.05) is 4.90 Å². The summed E-state index contributed by atoms with van der Waals surface area (Å²) in [6.07, 6.45) is -2.00. The third-order valence-electron chi connectivity index (χ3n) is 8.70. The first-order valence-corrected chi connectivity index (χ1v) is 14.9. The highest BCUT2D eigenvalue weighted by Crippen LogP contribution is 2.43. The minimum atomic E-state index is -4.81. The number of pyridine rings is 1. The summed E-state index contributed by atoms with van der Waals surface area (Å²) >= 11 is 0. The van der Waals surface area contributed by atoms with Crippen molar-refractivity contribution in [1.29, 1.82) is 0 Å². The standard InChI is InChI=1S/C32H34F3N7O4/c1-19-8-12-42(40-19)25-15-21(22-5-4-11-36-29(22)45-3)6-7-23(25)28(32(33,34)35)46-27-16-26(38-20(2)39-27)41-13-9-31(10-14-41)17-24(30(43)44)37-18-31/h4-8,11-12,15-16,24,28,37H,9-10,13-14,17-18H2,1-3H3,(H,43,44)/t24?,28-/m1/s1. The first-order chi connectivity index (χ1) is 21.9. The summed E-state index contributed by atoms with van der Waals surface area (Å²) in [5, 5.41) is 16.9. The molecule has 0 aliphatic carbocycles. The predicted octanol–water partition coefficient (Wildman–Crippen LogP) is 5.07. The number of hydrogen-bond acceptors (Lipinski definition) is 9. The smallest absolute Gasteiger partial charge is 0.429 e. The van der Waals surface area contributed by atoms with Crippen LogP contribution in [0.2, 0.25) is 0 Å². The van der Waals surface area contributed by atoms with Crippen molar-refractivity contribution >= 4 is 11.8 Å². The van der Waals surface area contributed by atoms with Gasteiger partial charge in [-0.1, -0.05) is 12.1 Å². The Morgan fingerprint density at radius 1 is 1.13 bits per heavy atom. The highest BCUT2D eigenvalue weighted by atomic mass is 19.4. The van der Waals surface area contributed by atoms with Gasteiger partial charge in [-0.2, -0.15) is 23.3 Å². The Hall–Kier alpha value is -4.72. The molecule has 0 saturated carbocycles. The number of carboxylic acid groups (broad SMARTS) is 1. The van der Waals surface area contributed by atoms with Crippen LogP contribution in [-0.4, -0.2) is 74.8 Å². The molecule has 14 heteroatoms. The molecule has 1 unspecified atom stereocenters. The number of hydrogen-bond donors (Lipinski definition) is 2. The fraction of sp³-hybridized carbons (Fsp3) is 0.406. The number of carboxylic acids is 1. The zero-order chi connectivity index (χ0) is 32.6. The summed E-state index contributed by atoms with van der Waals surface area (Å²) in [6, 6.07) is 10.6. The molecule has 1 spiro atoms. The molecule has 0 bridgehead atoms. The molecule has 2 fully saturated rings. The second kappa shape index (κ2) is 12.2. The van der Waals surface area contributed by atoms with E-state index in [1.54, 1.807) is 56.6 Å². The Labute approximate surface area is 263 Å². The summed E-state index contributed by atoms with van der Waals surface area (Å²) in [5.41, 5.74) is 1.73. The van der Waals surface area contributed by atoms with Crippen LogP contribution in [0, 0.1) is 19.3 Å².